The summed E-state index contributed by atoms with van der Waals surface area (Å²) in [6.07, 6.45) is 0.517. The summed E-state index contributed by atoms with van der Waals surface area (Å²) in [6, 6.07) is 3.94. The fraction of sp³-hybridized carbons (Fsp3) is 0.500. The van der Waals surface area contributed by atoms with Crippen LogP contribution in [0.2, 0.25) is 0 Å². The van der Waals surface area contributed by atoms with Crippen LogP contribution in [-0.4, -0.2) is 28.3 Å². The first kappa shape index (κ1) is 15.5. The van der Waals surface area contributed by atoms with E-state index in [4.69, 9.17) is 0 Å². The lowest BCUT2D eigenvalue weighted by molar-refractivity contribution is -0.154. The fourth-order valence-electron chi connectivity index (χ4n) is 2.51. The van der Waals surface area contributed by atoms with Gasteiger partial charge in [-0.05, 0) is 50.5 Å². The molecule has 0 aliphatic carbocycles. The van der Waals surface area contributed by atoms with Crippen LogP contribution in [0.1, 0.15) is 38.3 Å². The summed E-state index contributed by atoms with van der Waals surface area (Å²) >= 11 is 0. The van der Waals surface area contributed by atoms with E-state index in [2.05, 4.69) is 5.32 Å². The molecule has 2 atom stereocenters. The maximum atomic E-state index is 13.4. The van der Waals surface area contributed by atoms with E-state index in [9.17, 15) is 14.0 Å². The van der Waals surface area contributed by atoms with Crippen molar-refractivity contribution < 1.29 is 14.0 Å². The van der Waals surface area contributed by atoms with E-state index in [0.717, 1.165) is 11.1 Å². The first-order valence-electron chi connectivity index (χ1n) is 7.16. The van der Waals surface area contributed by atoms with E-state index in [0.29, 0.717) is 6.42 Å². The maximum absolute atomic E-state index is 13.4. The van der Waals surface area contributed by atoms with Crippen LogP contribution in [0.5, 0.6) is 0 Å². The highest BCUT2D eigenvalue weighted by atomic mass is 19.1. The van der Waals surface area contributed by atoms with Gasteiger partial charge in [-0.3, -0.25) is 9.59 Å². The van der Waals surface area contributed by atoms with Gasteiger partial charge in [0.1, 0.15) is 17.4 Å². The van der Waals surface area contributed by atoms with Gasteiger partial charge in [0.2, 0.25) is 11.8 Å². The molecular formula is C16H21FN2O2. The molecule has 114 valence electrons. The number of nitrogens with zero attached hydrogens (tertiary/aromatic N) is 1. The number of halogens is 1. The second-order valence-electron chi connectivity index (χ2n) is 5.85. The third-order valence-electron chi connectivity index (χ3n) is 4.34. The summed E-state index contributed by atoms with van der Waals surface area (Å²) in [5.74, 6) is -0.635. The van der Waals surface area contributed by atoms with Gasteiger partial charge in [0.15, 0.2) is 0 Å². The van der Waals surface area contributed by atoms with Gasteiger partial charge >= 0.3 is 0 Å². The molecule has 1 aromatic carbocycles. The summed E-state index contributed by atoms with van der Waals surface area (Å²) in [6.45, 7) is 7.39. The van der Waals surface area contributed by atoms with Crippen LogP contribution in [0.25, 0.3) is 0 Å². The normalized spacial score (nSPS) is 26.0. The predicted molar refractivity (Wildman–Crippen MR) is 78.0 cm³/mol. The number of aryl methyl sites for hydroxylation is 1. The minimum absolute atomic E-state index is 0.124. The average Bonchev–Trinajstić information content (AvgIpc) is 2.45. The van der Waals surface area contributed by atoms with Crippen molar-refractivity contribution in [2.45, 2.75) is 52.2 Å². The Labute approximate surface area is 124 Å². The first-order chi connectivity index (χ1) is 9.78. The Bertz CT molecular complexity index is 588. The Balaban J connectivity index is 2.34. The van der Waals surface area contributed by atoms with Gasteiger partial charge in [-0.2, -0.15) is 0 Å². The lowest BCUT2D eigenvalue weighted by atomic mass is 9.91. The Kier molecular flexibility index (Phi) is 4.03. The molecule has 4 nitrogen and oxygen atoms in total. The van der Waals surface area contributed by atoms with Crippen molar-refractivity contribution >= 4 is 11.8 Å². The van der Waals surface area contributed by atoms with Crippen LogP contribution in [0, 0.1) is 12.7 Å². The SMILES string of the molecule is CCC1(C)NC(=O)C(C)N(Cc2cc(F)ccc2C)C1=O. The van der Waals surface area contributed by atoms with Crippen molar-refractivity contribution in [1.82, 2.24) is 10.2 Å². The topological polar surface area (TPSA) is 49.4 Å². The molecule has 0 aromatic heterocycles. The molecule has 1 aromatic rings. The number of piperazine rings is 1. The summed E-state index contributed by atoms with van der Waals surface area (Å²) < 4.78 is 13.4. The largest absolute Gasteiger partial charge is 0.340 e. The molecule has 1 fully saturated rings. The third kappa shape index (κ3) is 2.77. The molecule has 21 heavy (non-hydrogen) atoms. The van der Waals surface area contributed by atoms with Crippen LogP contribution in [0.4, 0.5) is 4.39 Å². The number of rotatable bonds is 3. The van der Waals surface area contributed by atoms with E-state index < -0.39 is 11.6 Å². The van der Waals surface area contributed by atoms with Crippen molar-refractivity contribution in [2.75, 3.05) is 0 Å². The molecule has 0 radical (unpaired) electrons. The van der Waals surface area contributed by atoms with Gasteiger partial charge in [0.05, 0.1) is 0 Å². The lowest BCUT2D eigenvalue weighted by Gasteiger charge is -2.43. The zero-order valence-corrected chi connectivity index (χ0v) is 12.9. The van der Waals surface area contributed by atoms with Crippen molar-refractivity contribution in [1.29, 1.82) is 0 Å². The van der Waals surface area contributed by atoms with E-state index in [1.807, 2.05) is 13.8 Å². The quantitative estimate of drug-likeness (QED) is 0.928. The lowest BCUT2D eigenvalue weighted by Crippen LogP contribution is -2.68. The number of carbonyl (C=O) groups excluding carboxylic acids is 2. The Morgan fingerprint density at radius 3 is 2.67 bits per heavy atom. The van der Waals surface area contributed by atoms with Crippen LogP contribution in [-0.2, 0) is 16.1 Å². The molecule has 1 saturated heterocycles. The molecule has 0 saturated carbocycles. The van der Waals surface area contributed by atoms with Crippen molar-refractivity contribution in [3.63, 3.8) is 0 Å². The van der Waals surface area contributed by atoms with E-state index in [1.165, 1.54) is 17.0 Å². The van der Waals surface area contributed by atoms with Gasteiger partial charge < -0.3 is 10.2 Å². The molecule has 1 N–H and O–H groups in total. The second kappa shape index (κ2) is 5.47. The molecule has 1 aliphatic heterocycles. The highest BCUT2D eigenvalue weighted by Crippen LogP contribution is 2.24. The van der Waals surface area contributed by atoms with Gasteiger partial charge in [0.25, 0.3) is 0 Å². The Hall–Kier alpha value is -1.91. The minimum Gasteiger partial charge on any atom is -0.340 e. The van der Waals surface area contributed by atoms with Crippen molar-refractivity contribution in [3.8, 4) is 0 Å². The van der Waals surface area contributed by atoms with Crippen LogP contribution in [0.3, 0.4) is 0 Å². The summed E-state index contributed by atoms with van der Waals surface area (Å²) in [4.78, 5) is 26.3. The zero-order chi connectivity index (χ0) is 15.8. The third-order valence-corrected chi connectivity index (χ3v) is 4.34. The van der Waals surface area contributed by atoms with Crippen LogP contribution in [0.15, 0.2) is 18.2 Å². The Morgan fingerprint density at radius 2 is 2.05 bits per heavy atom. The smallest absolute Gasteiger partial charge is 0.248 e. The highest BCUT2D eigenvalue weighted by Gasteiger charge is 2.45. The molecule has 0 spiro atoms. The Morgan fingerprint density at radius 1 is 1.38 bits per heavy atom. The van der Waals surface area contributed by atoms with Gasteiger partial charge in [0, 0.05) is 6.54 Å². The van der Waals surface area contributed by atoms with E-state index >= 15 is 0 Å². The average molecular weight is 292 g/mol. The molecule has 0 bridgehead atoms. The highest BCUT2D eigenvalue weighted by molar-refractivity contribution is 5.99. The summed E-state index contributed by atoms with van der Waals surface area (Å²) in [5.41, 5.74) is 0.745. The zero-order valence-electron chi connectivity index (χ0n) is 12.9. The maximum Gasteiger partial charge on any atom is 0.248 e. The van der Waals surface area contributed by atoms with Gasteiger partial charge in [-0.15, -0.1) is 0 Å². The summed E-state index contributed by atoms with van der Waals surface area (Å²) in [7, 11) is 0. The van der Waals surface area contributed by atoms with Crippen LogP contribution >= 0.6 is 0 Å². The molecule has 1 heterocycles. The fourth-order valence-corrected chi connectivity index (χ4v) is 2.51. The molecule has 2 unspecified atom stereocenters. The molecule has 2 rings (SSSR count). The molecule has 1 aliphatic rings. The number of hydrogen-bond donors (Lipinski definition) is 1. The van der Waals surface area contributed by atoms with Crippen LogP contribution < -0.4 is 5.32 Å². The molecule has 5 heteroatoms. The number of amides is 2. The van der Waals surface area contributed by atoms with Crippen molar-refractivity contribution in [2.24, 2.45) is 0 Å². The second-order valence-corrected chi connectivity index (χ2v) is 5.85. The predicted octanol–water partition coefficient (Wildman–Crippen LogP) is 2.15. The van der Waals surface area contributed by atoms with Crippen molar-refractivity contribution in [3.05, 3.63) is 35.1 Å². The van der Waals surface area contributed by atoms with E-state index in [1.54, 1.807) is 19.9 Å². The molecular weight excluding hydrogens is 271 g/mol. The van der Waals surface area contributed by atoms with Gasteiger partial charge in [-0.1, -0.05) is 13.0 Å². The monoisotopic (exact) mass is 292 g/mol. The number of hydrogen-bond acceptors (Lipinski definition) is 2. The minimum atomic E-state index is -0.884. The first-order valence-corrected chi connectivity index (χ1v) is 7.16. The van der Waals surface area contributed by atoms with Gasteiger partial charge in [-0.25, -0.2) is 4.39 Å². The molecule has 2 amide bonds. The van der Waals surface area contributed by atoms with E-state index in [-0.39, 0.29) is 24.2 Å². The standard InChI is InChI=1S/C16H21FN2O2/c1-5-16(4)15(21)19(11(3)14(20)18-16)9-12-8-13(17)7-6-10(12)2/h6-8,11H,5,9H2,1-4H3,(H,18,20). The summed E-state index contributed by atoms with van der Waals surface area (Å²) in [5, 5.41) is 2.78. The number of benzene rings is 1. The number of nitrogens with one attached hydrogen (secondary N) is 1. The number of carbonyl (C=O) groups is 2.